The Balaban J connectivity index is 1.85. The first-order chi connectivity index (χ1) is 13.9. The molecule has 1 atom stereocenters. The summed E-state index contributed by atoms with van der Waals surface area (Å²) in [5, 5.41) is 3.52. The Bertz CT molecular complexity index is 977. The van der Waals surface area contributed by atoms with Gasteiger partial charge in [0.05, 0.1) is 28.8 Å². The van der Waals surface area contributed by atoms with Gasteiger partial charge in [-0.15, -0.1) is 0 Å². The van der Waals surface area contributed by atoms with Gasteiger partial charge in [-0.1, -0.05) is 18.5 Å². The summed E-state index contributed by atoms with van der Waals surface area (Å²) in [6.07, 6.45) is 2.53. The van der Waals surface area contributed by atoms with E-state index in [-0.39, 0.29) is 17.8 Å². The highest BCUT2D eigenvalue weighted by Crippen LogP contribution is 2.39. The number of ether oxygens (including phenoxy) is 2. The summed E-state index contributed by atoms with van der Waals surface area (Å²) < 4.78 is 24.3. The SMILES string of the molecule is CC[C@H](C)Oc1c(Cl)cc(/C=C2/SC(=Nc3ccc(F)cc3)NC2=O)cc1OC. The van der Waals surface area contributed by atoms with Crippen LogP contribution in [-0.2, 0) is 4.79 Å². The second-order valence-electron chi connectivity index (χ2n) is 6.33. The van der Waals surface area contributed by atoms with Gasteiger partial charge in [0.2, 0.25) is 0 Å². The number of rotatable bonds is 6. The molecule has 0 bridgehead atoms. The first-order valence-electron chi connectivity index (χ1n) is 8.99. The number of carbonyl (C=O) groups is 1. The van der Waals surface area contributed by atoms with Crippen molar-refractivity contribution in [3.63, 3.8) is 0 Å². The van der Waals surface area contributed by atoms with Crippen LogP contribution in [0.25, 0.3) is 6.08 Å². The van der Waals surface area contributed by atoms with Gasteiger partial charge in [0.25, 0.3) is 5.91 Å². The zero-order valence-corrected chi connectivity index (χ0v) is 17.7. The standard InChI is InChI=1S/C21H20ClFN2O3S/c1-4-12(2)28-19-16(22)9-13(10-17(19)27-3)11-18-20(26)25-21(29-18)24-15-7-5-14(23)6-8-15/h5-12H,4H2,1-3H3,(H,24,25,26)/b18-11+/t12-/m0/s1. The zero-order valence-electron chi connectivity index (χ0n) is 16.2. The maximum Gasteiger partial charge on any atom is 0.264 e. The largest absolute Gasteiger partial charge is 0.493 e. The number of amides is 1. The molecule has 0 spiro atoms. The van der Waals surface area contributed by atoms with Gasteiger partial charge >= 0.3 is 0 Å². The molecule has 0 saturated carbocycles. The van der Waals surface area contributed by atoms with E-state index in [2.05, 4.69) is 10.3 Å². The molecule has 0 aliphatic carbocycles. The van der Waals surface area contributed by atoms with Crippen LogP contribution in [0.3, 0.4) is 0 Å². The lowest BCUT2D eigenvalue weighted by Gasteiger charge is -2.17. The molecule has 1 amide bonds. The van der Waals surface area contributed by atoms with Crippen LogP contribution >= 0.6 is 23.4 Å². The lowest BCUT2D eigenvalue weighted by molar-refractivity contribution is -0.115. The first-order valence-corrected chi connectivity index (χ1v) is 10.2. The average Bonchev–Trinajstić information content (AvgIpc) is 3.04. The van der Waals surface area contributed by atoms with E-state index < -0.39 is 0 Å². The van der Waals surface area contributed by atoms with Crippen molar-refractivity contribution in [1.29, 1.82) is 0 Å². The van der Waals surface area contributed by atoms with Gasteiger partial charge in [0, 0.05) is 0 Å². The van der Waals surface area contributed by atoms with Crippen molar-refractivity contribution in [3.05, 3.63) is 57.7 Å². The van der Waals surface area contributed by atoms with Crippen molar-refractivity contribution in [2.75, 3.05) is 7.11 Å². The highest BCUT2D eigenvalue weighted by molar-refractivity contribution is 8.18. The van der Waals surface area contributed by atoms with Crippen molar-refractivity contribution >= 4 is 46.2 Å². The Morgan fingerprint density at radius 1 is 1.31 bits per heavy atom. The van der Waals surface area contributed by atoms with Crippen molar-refractivity contribution < 1.29 is 18.7 Å². The molecular weight excluding hydrogens is 415 g/mol. The molecule has 0 radical (unpaired) electrons. The summed E-state index contributed by atoms with van der Waals surface area (Å²) in [6.45, 7) is 3.97. The van der Waals surface area contributed by atoms with E-state index in [1.807, 2.05) is 13.8 Å². The molecule has 152 valence electrons. The fourth-order valence-corrected chi connectivity index (χ4v) is 3.59. The molecule has 0 aromatic heterocycles. The maximum absolute atomic E-state index is 13.0. The number of halogens is 2. The number of benzene rings is 2. The number of nitrogens with one attached hydrogen (secondary N) is 1. The molecule has 1 saturated heterocycles. The quantitative estimate of drug-likeness (QED) is 0.605. The number of thioether (sulfide) groups is 1. The second kappa shape index (κ2) is 9.33. The predicted octanol–water partition coefficient (Wildman–Crippen LogP) is 5.56. The first kappa shape index (κ1) is 21.2. The number of aliphatic imine (C=N–C) groups is 1. The lowest BCUT2D eigenvalue weighted by atomic mass is 10.1. The minimum absolute atomic E-state index is 0.00741. The van der Waals surface area contributed by atoms with Crippen LogP contribution in [0.5, 0.6) is 11.5 Å². The summed E-state index contributed by atoms with van der Waals surface area (Å²) in [5.41, 5.74) is 1.25. The van der Waals surface area contributed by atoms with E-state index in [1.165, 1.54) is 43.1 Å². The molecule has 8 heteroatoms. The Kier molecular flexibility index (Phi) is 6.82. The number of hydrogen-bond donors (Lipinski definition) is 1. The lowest BCUT2D eigenvalue weighted by Crippen LogP contribution is -2.19. The van der Waals surface area contributed by atoms with Crippen molar-refractivity contribution in [2.45, 2.75) is 26.4 Å². The van der Waals surface area contributed by atoms with Gasteiger partial charge in [0.1, 0.15) is 5.82 Å². The molecule has 1 heterocycles. The Morgan fingerprint density at radius 3 is 2.69 bits per heavy atom. The number of methoxy groups -OCH3 is 1. The molecule has 29 heavy (non-hydrogen) atoms. The summed E-state index contributed by atoms with van der Waals surface area (Å²) in [4.78, 5) is 17.1. The Labute approximate surface area is 178 Å². The Hall–Kier alpha value is -2.51. The molecule has 0 unspecified atom stereocenters. The van der Waals surface area contributed by atoms with Gasteiger partial charge in [0.15, 0.2) is 16.7 Å². The van der Waals surface area contributed by atoms with E-state index in [0.29, 0.717) is 37.8 Å². The maximum atomic E-state index is 13.0. The third-order valence-electron chi connectivity index (χ3n) is 4.15. The number of amidine groups is 1. The predicted molar refractivity (Wildman–Crippen MR) is 116 cm³/mol. The van der Waals surface area contributed by atoms with Crippen molar-refractivity contribution in [1.82, 2.24) is 5.32 Å². The third kappa shape index (κ3) is 5.31. The molecular formula is C21H20ClFN2O3S. The van der Waals surface area contributed by atoms with Gasteiger partial charge in [-0.05, 0) is 73.1 Å². The molecule has 3 rings (SSSR count). The van der Waals surface area contributed by atoms with Crippen molar-refractivity contribution in [2.24, 2.45) is 4.99 Å². The van der Waals surface area contributed by atoms with Crippen molar-refractivity contribution in [3.8, 4) is 11.5 Å². The molecule has 2 aromatic rings. The number of carbonyl (C=O) groups excluding carboxylic acids is 1. The summed E-state index contributed by atoms with van der Waals surface area (Å²) in [5.74, 6) is 0.358. The fraction of sp³-hybridized carbons (Fsp3) is 0.238. The van der Waals surface area contributed by atoms with Crippen LogP contribution in [0, 0.1) is 5.82 Å². The molecule has 5 nitrogen and oxygen atoms in total. The normalized spacial score (nSPS) is 17.5. The van der Waals surface area contributed by atoms with Crippen LogP contribution < -0.4 is 14.8 Å². The Morgan fingerprint density at radius 2 is 2.03 bits per heavy atom. The number of hydrogen-bond acceptors (Lipinski definition) is 5. The van der Waals surface area contributed by atoms with Gasteiger partial charge in [-0.3, -0.25) is 4.79 Å². The summed E-state index contributed by atoms with van der Waals surface area (Å²) in [7, 11) is 1.54. The minimum atomic E-state index is -0.343. The molecule has 1 aliphatic heterocycles. The van der Waals surface area contributed by atoms with E-state index in [4.69, 9.17) is 21.1 Å². The molecule has 1 aliphatic rings. The van der Waals surface area contributed by atoms with Crippen LogP contribution in [-0.4, -0.2) is 24.3 Å². The highest BCUT2D eigenvalue weighted by Gasteiger charge is 2.24. The second-order valence-corrected chi connectivity index (χ2v) is 7.77. The summed E-state index contributed by atoms with van der Waals surface area (Å²) >= 11 is 7.58. The van der Waals surface area contributed by atoms with Gasteiger partial charge in [-0.25, -0.2) is 9.38 Å². The molecule has 1 N–H and O–H groups in total. The monoisotopic (exact) mass is 434 g/mol. The van der Waals surface area contributed by atoms with E-state index >= 15 is 0 Å². The average molecular weight is 435 g/mol. The van der Waals surface area contributed by atoms with Crippen LogP contribution in [0.15, 0.2) is 46.3 Å². The van der Waals surface area contributed by atoms with Gasteiger partial charge < -0.3 is 14.8 Å². The fourth-order valence-electron chi connectivity index (χ4n) is 2.49. The van der Waals surface area contributed by atoms with Crippen LogP contribution in [0.2, 0.25) is 5.02 Å². The molecule has 2 aromatic carbocycles. The smallest absolute Gasteiger partial charge is 0.264 e. The van der Waals surface area contributed by atoms with Gasteiger partial charge in [-0.2, -0.15) is 0 Å². The van der Waals surface area contributed by atoms with E-state index in [1.54, 1.807) is 18.2 Å². The van der Waals surface area contributed by atoms with E-state index in [9.17, 15) is 9.18 Å². The van der Waals surface area contributed by atoms with E-state index in [0.717, 1.165) is 6.42 Å². The third-order valence-corrected chi connectivity index (χ3v) is 5.34. The zero-order chi connectivity index (χ0) is 21.0. The van der Waals surface area contributed by atoms with Crippen LogP contribution in [0.1, 0.15) is 25.8 Å². The minimum Gasteiger partial charge on any atom is -0.493 e. The van der Waals surface area contributed by atoms with Crippen LogP contribution in [0.4, 0.5) is 10.1 Å². The topological polar surface area (TPSA) is 59.9 Å². The molecule has 1 fully saturated rings. The number of nitrogens with zero attached hydrogens (tertiary/aromatic N) is 1. The highest BCUT2D eigenvalue weighted by atomic mass is 35.5. The summed E-state index contributed by atoms with van der Waals surface area (Å²) in [6, 6.07) is 9.19.